The van der Waals surface area contributed by atoms with Crippen LogP contribution in [0.5, 0.6) is 0 Å². The number of hydrogen-bond acceptors (Lipinski definition) is 5. The second-order valence-corrected chi connectivity index (χ2v) is 4.34. The van der Waals surface area contributed by atoms with Crippen LogP contribution in [-0.2, 0) is 14.3 Å². The Morgan fingerprint density at radius 2 is 2.05 bits per heavy atom. The number of halogens is 1. The van der Waals surface area contributed by atoms with Crippen molar-refractivity contribution in [3.05, 3.63) is 28.8 Å². The summed E-state index contributed by atoms with van der Waals surface area (Å²) in [6.07, 6.45) is 0. The van der Waals surface area contributed by atoms with Crippen molar-refractivity contribution in [3.63, 3.8) is 0 Å². The largest absolute Gasteiger partial charge is 0.465 e. The van der Waals surface area contributed by atoms with Gasteiger partial charge in [-0.1, -0.05) is 11.6 Å². The molecule has 0 radical (unpaired) electrons. The monoisotopic (exact) mass is 300 g/mol. The van der Waals surface area contributed by atoms with Gasteiger partial charge >= 0.3 is 5.97 Å². The van der Waals surface area contributed by atoms with E-state index in [2.05, 4.69) is 15.4 Å². The molecule has 1 rings (SSSR count). The molecule has 1 amide bonds. The number of carbonyl (C=O) groups excluding carboxylic acids is 2. The Morgan fingerprint density at radius 3 is 2.70 bits per heavy atom. The van der Waals surface area contributed by atoms with Gasteiger partial charge in [-0.3, -0.25) is 4.79 Å². The zero-order chi connectivity index (χ0) is 15.0. The Kier molecular flexibility index (Phi) is 7.00. The summed E-state index contributed by atoms with van der Waals surface area (Å²) in [5.74, 6) is -0.830. The predicted molar refractivity (Wildman–Crippen MR) is 76.2 cm³/mol. The number of nitrogens with one attached hydrogen (secondary N) is 2. The van der Waals surface area contributed by atoms with E-state index in [-0.39, 0.29) is 18.0 Å². The molecule has 0 atom stereocenters. The number of rotatable bonds is 7. The van der Waals surface area contributed by atoms with E-state index >= 15 is 0 Å². The first-order valence-electron chi connectivity index (χ1n) is 5.96. The van der Waals surface area contributed by atoms with E-state index in [4.69, 9.17) is 16.3 Å². The highest BCUT2D eigenvalue weighted by atomic mass is 35.5. The number of anilines is 1. The minimum Gasteiger partial charge on any atom is -0.465 e. The highest BCUT2D eigenvalue weighted by molar-refractivity contribution is 6.31. The number of methoxy groups -OCH3 is 2. The Balaban J connectivity index is 2.67. The molecular weight excluding hydrogens is 284 g/mol. The van der Waals surface area contributed by atoms with Crippen molar-refractivity contribution in [1.29, 1.82) is 0 Å². The molecule has 0 heterocycles. The summed E-state index contributed by atoms with van der Waals surface area (Å²) in [7, 11) is 2.85. The zero-order valence-electron chi connectivity index (χ0n) is 11.4. The zero-order valence-corrected chi connectivity index (χ0v) is 12.1. The van der Waals surface area contributed by atoms with Gasteiger partial charge in [0.1, 0.15) is 0 Å². The third kappa shape index (κ3) is 5.16. The molecule has 1 aromatic rings. The first kappa shape index (κ1) is 16.4. The van der Waals surface area contributed by atoms with Crippen molar-refractivity contribution in [2.45, 2.75) is 0 Å². The third-order valence-corrected chi connectivity index (χ3v) is 2.66. The molecule has 2 N–H and O–H groups in total. The molecule has 20 heavy (non-hydrogen) atoms. The maximum absolute atomic E-state index is 11.7. The second-order valence-electron chi connectivity index (χ2n) is 3.90. The molecule has 110 valence electrons. The molecule has 0 aliphatic heterocycles. The fourth-order valence-electron chi connectivity index (χ4n) is 1.47. The van der Waals surface area contributed by atoms with Gasteiger partial charge in [0.2, 0.25) is 5.91 Å². The SMILES string of the molecule is COCCNCC(=O)Nc1ccc(Cl)cc1C(=O)OC. The lowest BCUT2D eigenvalue weighted by Gasteiger charge is -2.10. The van der Waals surface area contributed by atoms with Crippen molar-refractivity contribution in [1.82, 2.24) is 5.32 Å². The molecule has 0 saturated heterocycles. The van der Waals surface area contributed by atoms with Crippen molar-refractivity contribution >= 4 is 29.2 Å². The maximum atomic E-state index is 11.7. The van der Waals surface area contributed by atoms with Crippen LogP contribution in [-0.4, -0.2) is 45.8 Å². The van der Waals surface area contributed by atoms with Crippen LogP contribution >= 0.6 is 11.6 Å². The van der Waals surface area contributed by atoms with Crippen LogP contribution in [0.25, 0.3) is 0 Å². The molecule has 0 aliphatic carbocycles. The Labute approximate surface area is 122 Å². The van der Waals surface area contributed by atoms with Crippen molar-refractivity contribution in [2.24, 2.45) is 0 Å². The molecule has 6 nitrogen and oxygen atoms in total. The van der Waals surface area contributed by atoms with Gasteiger partial charge in [0.25, 0.3) is 0 Å². The van der Waals surface area contributed by atoms with Crippen LogP contribution in [0.1, 0.15) is 10.4 Å². The fourth-order valence-corrected chi connectivity index (χ4v) is 1.65. The van der Waals surface area contributed by atoms with Crippen LogP contribution in [0.2, 0.25) is 5.02 Å². The molecule has 0 unspecified atom stereocenters. The topological polar surface area (TPSA) is 76.7 Å². The summed E-state index contributed by atoms with van der Waals surface area (Å²) in [5.41, 5.74) is 0.574. The molecular formula is C13H17ClN2O4. The van der Waals surface area contributed by atoms with Gasteiger partial charge in [-0.25, -0.2) is 4.79 Å². The van der Waals surface area contributed by atoms with E-state index in [0.717, 1.165) is 0 Å². The Bertz CT molecular complexity index is 479. The highest BCUT2D eigenvalue weighted by Crippen LogP contribution is 2.21. The van der Waals surface area contributed by atoms with Gasteiger partial charge in [0, 0.05) is 18.7 Å². The van der Waals surface area contributed by atoms with Crippen molar-refractivity contribution in [3.8, 4) is 0 Å². The minimum absolute atomic E-state index is 0.118. The molecule has 0 bridgehead atoms. The fraction of sp³-hybridized carbons (Fsp3) is 0.385. The predicted octanol–water partition coefficient (Wildman–Crippen LogP) is 1.30. The maximum Gasteiger partial charge on any atom is 0.340 e. The number of amides is 1. The molecule has 0 aromatic heterocycles. The lowest BCUT2D eigenvalue weighted by molar-refractivity contribution is -0.115. The van der Waals surface area contributed by atoms with Gasteiger partial charge in [0.05, 0.1) is 31.5 Å². The van der Waals surface area contributed by atoms with Gasteiger partial charge in [-0.15, -0.1) is 0 Å². The van der Waals surface area contributed by atoms with Crippen LogP contribution in [0.4, 0.5) is 5.69 Å². The molecule has 0 spiro atoms. The lowest BCUT2D eigenvalue weighted by Crippen LogP contribution is -2.30. The molecule has 7 heteroatoms. The Morgan fingerprint density at radius 1 is 1.30 bits per heavy atom. The van der Waals surface area contributed by atoms with Crippen molar-refractivity contribution < 1.29 is 19.1 Å². The molecule has 0 aliphatic rings. The summed E-state index contributed by atoms with van der Waals surface area (Å²) in [6, 6.07) is 4.59. The van der Waals surface area contributed by atoms with E-state index in [1.807, 2.05) is 0 Å². The number of ether oxygens (including phenoxy) is 2. The average Bonchev–Trinajstić information content (AvgIpc) is 2.44. The van der Waals surface area contributed by atoms with Crippen LogP contribution in [0.15, 0.2) is 18.2 Å². The van der Waals surface area contributed by atoms with Crippen molar-refractivity contribution in [2.75, 3.05) is 39.2 Å². The van der Waals surface area contributed by atoms with E-state index in [9.17, 15) is 9.59 Å². The quantitative estimate of drug-likeness (QED) is 0.586. The summed E-state index contributed by atoms with van der Waals surface area (Å²) >= 11 is 5.83. The lowest BCUT2D eigenvalue weighted by atomic mass is 10.2. The first-order chi connectivity index (χ1) is 9.58. The summed E-state index contributed by atoms with van der Waals surface area (Å²) < 4.78 is 9.50. The number of esters is 1. The highest BCUT2D eigenvalue weighted by Gasteiger charge is 2.14. The van der Waals surface area contributed by atoms with E-state index in [1.165, 1.54) is 13.2 Å². The summed E-state index contributed by atoms with van der Waals surface area (Å²) in [6.45, 7) is 1.20. The minimum atomic E-state index is -0.560. The van der Waals surface area contributed by atoms with Gasteiger partial charge < -0.3 is 20.1 Å². The number of carbonyl (C=O) groups is 2. The van der Waals surface area contributed by atoms with Gasteiger partial charge in [0.15, 0.2) is 0 Å². The normalized spacial score (nSPS) is 10.2. The number of hydrogen-bond donors (Lipinski definition) is 2. The third-order valence-electron chi connectivity index (χ3n) is 2.43. The molecule has 0 saturated carbocycles. The van der Waals surface area contributed by atoms with Crippen LogP contribution < -0.4 is 10.6 Å². The summed E-state index contributed by atoms with van der Waals surface area (Å²) in [4.78, 5) is 23.3. The first-order valence-corrected chi connectivity index (χ1v) is 6.33. The van der Waals surface area contributed by atoms with Gasteiger partial charge in [-0.05, 0) is 18.2 Å². The van der Waals surface area contributed by atoms with Crippen LogP contribution in [0.3, 0.4) is 0 Å². The molecule has 0 fully saturated rings. The second kappa shape index (κ2) is 8.52. The van der Waals surface area contributed by atoms with E-state index in [1.54, 1.807) is 19.2 Å². The van der Waals surface area contributed by atoms with E-state index < -0.39 is 5.97 Å². The van der Waals surface area contributed by atoms with Gasteiger partial charge in [-0.2, -0.15) is 0 Å². The summed E-state index contributed by atoms with van der Waals surface area (Å²) in [5, 5.41) is 5.92. The average molecular weight is 301 g/mol. The van der Waals surface area contributed by atoms with E-state index in [0.29, 0.717) is 23.9 Å². The Hall–Kier alpha value is -1.63. The number of benzene rings is 1. The smallest absolute Gasteiger partial charge is 0.340 e. The molecule has 1 aromatic carbocycles. The standard InChI is InChI=1S/C13H17ClN2O4/c1-19-6-5-15-8-12(17)16-11-4-3-9(14)7-10(11)13(18)20-2/h3-4,7,15H,5-6,8H2,1-2H3,(H,16,17). The van der Waals surface area contributed by atoms with Crippen LogP contribution in [0, 0.1) is 0 Å².